The second kappa shape index (κ2) is 25.2. The SMILES string of the molecule is CC(C)CCC[C@@H](C)[C@H]1CC[C@H]2[C@@H]3CC=C4CC(OC(=O)CCNCCN(C)CCN(C)CCNC(=O)C(O)C(O)C(O[C@@H]5OC(CO)C(O)(O)[C@H](O)C5O)C(O)CO)CC[C@]4(C)[C@H]3CC[C@]12C. The number of carbonyl (C=O) groups excluding carboxylic acids is 2. The summed E-state index contributed by atoms with van der Waals surface area (Å²) in [6.07, 6.45) is -0.104. The first-order valence-electron chi connectivity index (χ1n) is 25.7. The molecule has 1 aliphatic heterocycles. The summed E-state index contributed by atoms with van der Waals surface area (Å²) >= 11 is 0. The highest BCUT2D eigenvalue weighted by Gasteiger charge is 2.60. The number of allylic oxidation sites excluding steroid dienone is 1. The van der Waals surface area contributed by atoms with Gasteiger partial charge in [-0.1, -0.05) is 65.5 Å². The number of fused-ring (bicyclic) bond motifs is 5. The number of hydrogen-bond acceptors (Lipinski definition) is 17. The van der Waals surface area contributed by atoms with E-state index in [9.17, 15) is 55.5 Å². The molecular formula is C50H90N4O14. The van der Waals surface area contributed by atoms with Crippen LogP contribution in [0.5, 0.6) is 0 Å². The molecule has 1 saturated heterocycles. The average molecular weight is 971 g/mol. The van der Waals surface area contributed by atoms with Crippen molar-refractivity contribution in [3.8, 4) is 0 Å². The lowest BCUT2D eigenvalue weighted by atomic mass is 9.47. The van der Waals surface area contributed by atoms with Gasteiger partial charge in [0.25, 0.3) is 5.91 Å². The van der Waals surface area contributed by atoms with Crippen LogP contribution in [0.1, 0.15) is 112 Å². The Bertz CT molecular complexity index is 1620. The lowest BCUT2D eigenvalue weighted by molar-refractivity contribution is -0.396. The Hall–Kier alpha value is -1.88. The zero-order valence-corrected chi connectivity index (χ0v) is 42.0. The van der Waals surface area contributed by atoms with Crippen LogP contribution in [0, 0.1) is 46.3 Å². The quantitative estimate of drug-likeness (QED) is 0.0244. The molecule has 0 aromatic heterocycles. The number of ether oxygens (including phenoxy) is 3. The molecule has 0 bridgehead atoms. The van der Waals surface area contributed by atoms with Crippen LogP contribution in [-0.2, 0) is 23.8 Å². The van der Waals surface area contributed by atoms with E-state index in [1.54, 1.807) is 0 Å². The average Bonchev–Trinajstić information content (AvgIpc) is 3.66. The molecule has 5 aliphatic rings. The zero-order valence-electron chi connectivity index (χ0n) is 42.0. The fourth-order valence-corrected chi connectivity index (χ4v) is 12.8. The van der Waals surface area contributed by atoms with E-state index in [0.717, 1.165) is 61.3 Å². The van der Waals surface area contributed by atoms with Gasteiger partial charge in [-0.05, 0) is 105 Å². The lowest BCUT2D eigenvalue weighted by Gasteiger charge is -2.58. The van der Waals surface area contributed by atoms with Crippen LogP contribution in [0.25, 0.3) is 0 Å². The first-order valence-corrected chi connectivity index (χ1v) is 25.7. The largest absolute Gasteiger partial charge is 0.462 e. The van der Waals surface area contributed by atoms with Gasteiger partial charge < -0.3 is 80.6 Å². The van der Waals surface area contributed by atoms with Gasteiger partial charge in [-0.2, -0.15) is 0 Å². The summed E-state index contributed by atoms with van der Waals surface area (Å²) in [7, 11) is 3.84. The van der Waals surface area contributed by atoms with Crippen LogP contribution < -0.4 is 10.6 Å². The molecule has 11 N–H and O–H groups in total. The minimum Gasteiger partial charge on any atom is -0.462 e. The molecule has 4 aliphatic carbocycles. The van der Waals surface area contributed by atoms with Gasteiger partial charge in [-0.25, -0.2) is 0 Å². The third kappa shape index (κ3) is 13.6. The van der Waals surface area contributed by atoms with Crippen molar-refractivity contribution in [2.45, 2.75) is 173 Å². The second-order valence-electron chi connectivity index (χ2n) is 22.2. The number of likely N-dealkylation sites (N-methyl/N-ethyl adjacent to an activating group) is 2. The Morgan fingerprint density at radius 3 is 2.25 bits per heavy atom. The molecule has 1 amide bonds. The van der Waals surface area contributed by atoms with Crippen LogP contribution >= 0.6 is 0 Å². The number of nitrogens with zero attached hydrogens (tertiary/aromatic N) is 2. The molecule has 0 aromatic rings. The molecule has 3 saturated carbocycles. The Kier molecular flexibility index (Phi) is 21.1. The van der Waals surface area contributed by atoms with Crippen molar-refractivity contribution in [1.29, 1.82) is 0 Å². The Morgan fingerprint density at radius 1 is 0.897 bits per heavy atom. The van der Waals surface area contributed by atoms with E-state index in [2.05, 4.69) is 56.2 Å². The minimum atomic E-state index is -3.07. The van der Waals surface area contributed by atoms with E-state index >= 15 is 0 Å². The van der Waals surface area contributed by atoms with E-state index in [1.165, 1.54) is 56.9 Å². The highest BCUT2D eigenvalue weighted by molar-refractivity contribution is 5.81. The topological polar surface area (TPSA) is 274 Å². The van der Waals surface area contributed by atoms with Gasteiger partial charge in [0.15, 0.2) is 12.4 Å². The molecule has 0 spiro atoms. The summed E-state index contributed by atoms with van der Waals surface area (Å²) in [5, 5.41) is 96.8. The summed E-state index contributed by atoms with van der Waals surface area (Å²) in [6, 6.07) is 0. The smallest absolute Gasteiger partial charge is 0.307 e. The van der Waals surface area contributed by atoms with E-state index < -0.39 is 73.9 Å². The van der Waals surface area contributed by atoms with Crippen LogP contribution in [0.15, 0.2) is 11.6 Å². The first kappa shape index (κ1) is 57.0. The summed E-state index contributed by atoms with van der Waals surface area (Å²) in [5.74, 6) is 0.553. The second-order valence-corrected chi connectivity index (χ2v) is 22.2. The predicted molar refractivity (Wildman–Crippen MR) is 253 cm³/mol. The summed E-state index contributed by atoms with van der Waals surface area (Å²) in [4.78, 5) is 29.8. The Morgan fingerprint density at radius 2 is 1.59 bits per heavy atom. The minimum absolute atomic E-state index is 0.0500. The van der Waals surface area contributed by atoms with Crippen LogP contribution in [0.3, 0.4) is 0 Å². The maximum atomic E-state index is 13.0. The molecule has 18 heteroatoms. The molecule has 394 valence electrons. The molecule has 5 rings (SSSR count). The maximum absolute atomic E-state index is 13.0. The number of carbonyl (C=O) groups is 2. The van der Waals surface area contributed by atoms with E-state index in [4.69, 9.17) is 14.2 Å². The van der Waals surface area contributed by atoms with Gasteiger partial charge in [0.1, 0.15) is 42.7 Å². The first-order chi connectivity index (χ1) is 32.1. The molecule has 0 aromatic carbocycles. The van der Waals surface area contributed by atoms with Gasteiger partial charge in [0, 0.05) is 52.2 Å². The van der Waals surface area contributed by atoms with E-state index in [-0.39, 0.29) is 24.0 Å². The molecule has 16 atom stereocenters. The van der Waals surface area contributed by atoms with Crippen LogP contribution in [-0.4, -0.2) is 202 Å². The molecule has 0 radical (unpaired) electrons. The maximum Gasteiger partial charge on any atom is 0.307 e. The molecule has 1 heterocycles. The molecule has 7 unspecified atom stereocenters. The lowest BCUT2D eigenvalue weighted by Crippen LogP contribution is -2.68. The van der Waals surface area contributed by atoms with Gasteiger partial charge in [0.2, 0.25) is 5.79 Å². The van der Waals surface area contributed by atoms with Crippen molar-refractivity contribution in [2.75, 3.05) is 73.1 Å². The van der Waals surface area contributed by atoms with Crippen molar-refractivity contribution < 1.29 is 69.8 Å². The highest BCUT2D eigenvalue weighted by atomic mass is 16.7. The number of hydrogen-bond donors (Lipinski definition) is 11. The summed E-state index contributed by atoms with van der Waals surface area (Å²) < 4.78 is 16.5. The van der Waals surface area contributed by atoms with Crippen molar-refractivity contribution in [1.82, 2.24) is 20.4 Å². The molecule has 18 nitrogen and oxygen atoms in total. The number of nitrogens with one attached hydrogen (secondary N) is 2. The molecular weight excluding hydrogens is 881 g/mol. The third-order valence-corrected chi connectivity index (χ3v) is 17.2. The van der Waals surface area contributed by atoms with Gasteiger partial charge >= 0.3 is 5.97 Å². The Labute approximate surface area is 404 Å². The summed E-state index contributed by atoms with van der Waals surface area (Å²) in [5.41, 5.74) is 2.23. The van der Waals surface area contributed by atoms with Crippen molar-refractivity contribution in [3.05, 3.63) is 11.6 Å². The highest BCUT2D eigenvalue weighted by Crippen LogP contribution is 2.67. The van der Waals surface area contributed by atoms with Crippen molar-refractivity contribution in [3.63, 3.8) is 0 Å². The standard InChI is InChI=1S/C50H90N4O14/c1-30(2)9-8-10-31(3)35-13-14-36-34-12-11-32-27-33(15-18-48(32,4)37(34)16-19-49(35,36)5)66-40(58)17-20-51-21-23-53(6)25-26-54(7)24-22-52-46(63)42(60)41(59)44(38(57)28-55)68-47-43(61)45(62)50(64,65)39(29-56)67-47/h11,30-31,33-39,41-45,47,51,55-57,59-62,64-65H,8-10,12-29H2,1-7H3,(H,52,63)/t31-,33?,34+,35-,36+,37+,38?,39?,41?,42?,43?,44?,45-,47+,48+,49-/m1/s1. The van der Waals surface area contributed by atoms with Crippen LogP contribution in [0.4, 0.5) is 0 Å². The fraction of sp³-hybridized carbons (Fsp3) is 0.920. The number of esters is 1. The number of aliphatic hydroxyl groups is 9. The van der Waals surface area contributed by atoms with Gasteiger partial charge in [-0.15, -0.1) is 0 Å². The van der Waals surface area contributed by atoms with E-state index in [0.29, 0.717) is 44.6 Å². The van der Waals surface area contributed by atoms with Crippen molar-refractivity contribution >= 4 is 11.9 Å². The number of aliphatic hydroxyl groups excluding tert-OH is 7. The molecule has 68 heavy (non-hydrogen) atoms. The van der Waals surface area contributed by atoms with Gasteiger partial charge in [0.05, 0.1) is 19.6 Å². The molecule has 4 fully saturated rings. The predicted octanol–water partition coefficient (Wildman–Crippen LogP) is 0.479. The number of rotatable bonds is 26. The van der Waals surface area contributed by atoms with Crippen LogP contribution in [0.2, 0.25) is 0 Å². The zero-order chi connectivity index (χ0) is 50.1. The van der Waals surface area contributed by atoms with E-state index in [1.807, 2.05) is 19.0 Å². The summed E-state index contributed by atoms with van der Waals surface area (Å²) in [6.45, 7) is 14.1. The van der Waals surface area contributed by atoms with Crippen molar-refractivity contribution in [2.24, 2.45) is 46.3 Å². The number of amides is 1. The fourth-order valence-electron chi connectivity index (χ4n) is 12.8. The third-order valence-electron chi connectivity index (χ3n) is 17.2. The Balaban J connectivity index is 0.944. The normalized spacial score (nSPS) is 34.6. The monoisotopic (exact) mass is 971 g/mol. The van der Waals surface area contributed by atoms with Gasteiger partial charge in [-0.3, -0.25) is 9.59 Å².